The zero-order valence-electron chi connectivity index (χ0n) is 18.5. The summed E-state index contributed by atoms with van der Waals surface area (Å²) in [6, 6.07) is 27.3. The fourth-order valence-electron chi connectivity index (χ4n) is 3.38. The Morgan fingerprint density at radius 1 is 0.882 bits per heavy atom. The molecule has 1 amide bonds. The predicted octanol–water partition coefficient (Wildman–Crippen LogP) is 4.74. The monoisotopic (exact) mass is 473 g/mol. The van der Waals surface area contributed by atoms with Gasteiger partial charge in [0.1, 0.15) is 11.6 Å². The molecule has 0 unspecified atom stereocenters. The van der Waals surface area contributed by atoms with Gasteiger partial charge in [0.05, 0.1) is 24.2 Å². The zero-order chi connectivity index (χ0) is 24.0. The van der Waals surface area contributed by atoms with Crippen LogP contribution in [0.4, 0.5) is 11.5 Å². The molecule has 4 aromatic rings. The Bertz CT molecular complexity index is 1360. The first-order valence-electron chi connectivity index (χ1n) is 10.5. The molecule has 34 heavy (non-hydrogen) atoms. The lowest BCUT2D eigenvalue weighted by atomic mass is 10.1. The number of aromatic nitrogens is 1. The quantitative estimate of drug-likeness (QED) is 0.399. The normalized spacial score (nSPS) is 11.0. The molecule has 172 valence electrons. The maximum absolute atomic E-state index is 13.4. The highest BCUT2D eigenvalue weighted by molar-refractivity contribution is 7.92. The Morgan fingerprint density at radius 3 is 2.24 bits per heavy atom. The Labute approximate surface area is 198 Å². The van der Waals surface area contributed by atoms with Crippen LogP contribution in [-0.4, -0.2) is 26.4 Å². The summed E-state index contributed by atoms with van der Waals surface area (Å²) in [5.41, 5.74) is 1.71. The average molecular weight is 474 g/mol. The standard InChI is InChI=1S/C26H23N3O4S/c1-33-24-12-6-5-11-23(24)28-26(30)21-16-14-20(15-17-21)19-29(25-13-7-8-18-27-25)34(31,32)22-9-3-2-4-10-22/h2-18H,19H2,1H3,(H,28,30). The van der Waals surface area contributed by atoms with Crippen molar-refractivity contribution in [2.45, 2.75) is 11.4 Å². The summed E-state index contributed by atoms with van der Waals surface area (Å²) in [6.07, 6.45) is 1.55. The van der Waals surface area contributed by atoms with Crippen molar-refractivity contribution in [3.8, 4) is 5.75 Å². The van der Waals surface area contributed by atoms with Gasteiger partial charge in [-0.3, -0.25) is 4.79 Å². The molecule has 0 radical (unpaired) electrons. The highest BCUT2D eigenvalue weighted by Gasteiger charge is 2.26. The lowest BCUT2D eigenvalue weighted by Crippen LogP contribution is -2.31. The van der Waals surface area contributed by atoms with Gasteiger partial charge in [-0.2, -0.15) is 0 Å². The van der Waals surface area contributed by atoms with E-state index in [0.29, 0.717) is 28.4 Å². The number of amides is 1. The number of hydrogen-bond donors (Lipinski definition) is 1. The molecule has 1 aromatic heterocycles. The highest BCUT2D eigenvalue weighted by Crippen LogP contribution is 2.25. The van der Waals surface area contributed by atoms with Crippen LogP contribution < -0.4 is 14.4 Å². The first kappa shape index (κ1) is 23.0. The number of pyridine rings is 1. The molecule has 0 bridgehead atoms. The second kappa shape index (κ2) is 10.2. The number of sulfonamides is 1. The molecule has 1 heterocycles. The Hall–Kier alpha value is -4.17. The maximum Gasteiger partial charge on any atom is 0.265 e. The van der Waals surface area contributed by atoms with Crippen LogP contribution in [0.3, 0.4) is 0 Å². The number of nitrogens with one attached hydrogen (secondary N) is 1. The molecule has 0 saturated carbocycles. The van der Waals surface area contributed by atoms with E-state index in [2.05, 4.69) is 10.3 Å². The molecule has 0 spiro atoms. The molecular formula is C26H23N3O4S. The summed E-state index contributed by atoms with van der Waals surface area (Å²) >= 11 is 0. The van der Waals surface area contributed by atoms with Gasteiger partial charge in [-0.1, -0.05) is 48.5 Å². The average Bonchev–Trinajstić information content (AvgIpc) is 2.89. The van der Waals surface area contributed by atoms with Gasteiger partial charge < -0.3 is 10.1 Å². The van der Waals surface area contributed by atoms with Crippen molar-refractivity contribution in [2.75, 3.05) is 16.7 Å². The van der Waals surface area contributed by atoms with Gasteiger partial charge in [0.25, 0.3) is 15.9 Å². The maximum atomic E-state index is 13.4. The van der Waals surface area contributed by atoms with E-state index in [1.54, 1.807) is 97.2 Å². The molecule has 0 saturated heterocycles. The van der Waals surface area contributed by atoms with E-state index in [4.69, 9.17) is 4.74 Å². The van der Waals surface area contributed by atoms with E-state index in [0.717, 1.165) is 0 Å². The van der Waals surface area contributed by atoms with Crippen molar-refractivity contribution in [1.82, 2.24) is 4.98 Å². The lowest BCUT2D eigenvalue weighted by molar-refractivity contribution is 0.102. The van der Waals surface area contributed by atoms with Gasteiger partial charge in [0.15, 0.2) is 0 Å². The molecule has 7 nitrogen and oxygen atoms in total. The molecule has 0 aliphatic rings. The number of ether oxygens (including phenoxy) is 1. The molecular weight excluding hydrogens is 450 g/mol. The van der Waals surface area contributed by atoms with E-state index in [-0.39, 0.29) is 17.3 Å². The SMILES string of the molecule is COc1ccccc1NC(=O)c1ccc(CN(c2ccccn2)S(=O)(=O)c2ccccc2)cc1. The van der Waals surface area contributed by atoms with Crippen LogP contribution in [0.15, 0.2) is 108 Å². The van der Waals surface area contributed by atoms with E-state index >= 15 is 0 Å². The fraction of sp³-hybridized carbons (Fsp3) is 0.0769. The smallest absolute Gasteiger partial charge is 0.265 e. The Morgan fingerprint density at radius 2 is 1.56 bits per heavy atom. The number of hydrogen-bond acceptors (Lipinski definition) is 5. The first-order chi connectivity index (χ1) is 16.5. The van der Waals surface area contributed by atoms with Crippen molar-refractivity contribution >= 4 is 27.4 Å². The van der Waals surface area contributed by atoms with E-state index < -0.39 is 10.0 Å². The largest absolute Gasteiger partial charge is 0.495 e. The molecule has 8 heteroatoms. The summed E-state index contributed by atoms with van der Waals surface area (Å²) in [7, 11) is -2.31. The third-order valence-corrected chi connectivity index (χ3v) is 6.90. The minimum atomic E-state index is -3.85. The van der Waals surface area contributed by atoms with Gasteiger partial charge in [-0.15, -0.1) is 0 Å². The van der Waals surface area contributed by atoms with Crippen molar-refractivity contribution in [3.63, 3.8) is 0 Å². The molecule has 0 aliphatic carbocycles. The second-order valence-electron chi connectivity index (χ2n) is 7.36. The number of benzene rings is 3. The van der Waals surface area contributed by atoms with Gasteiger partial charge in [-0.05, 0) is 54.1 Å². The van der Waals surface area contributed by atoms with Crippen molar-refractivity contribution in [3.05, 3.63) is 114 Å². The van der Waals surface area contributed by atoms with Crippen LogP contribution >= 0.6 is 0 Å². The summed E-state index contributed by atoms with van der Waals surface area (Å²) in [5.74, 6) is 0.573. The third-order valence-electron chi connectivity index (χ3n) is 5.13. The fourth-order valence-corrected chi connectivity index (χ4v) is 4.81. The predicted molar refractivity (Wildman–Crippen MR) is 131 cm³/mol. The molecule has 0 fully saturated rings. The number of anilines is 2. The number of nitrogens with zero attached hydrogens (tertiary/aromatic N) is 2. The van der Waals surface area contributed by atoms with Gasteiger partial charge in [0, 0.05) is 11.8 Å². The van der Waals surface area contributed by atoms with E-state index in [9.17, 15) is 13.2 Å². The summed E-state index contributed by atoms with van der Waals surface area (Å²) in [6.45, 7) is 0.0582. The van der Waals surface area contributed by atoms with Crippen LogP contribution in [0.5, 0.6) is 5.75 Å². The minimum Gasteiger partial charge on any atom is -0.495 e. The van der Waals surface area contributed by atoms with Crippen LogP contribution in [0.1, 0.15) is 15.9 Å². The number of methoxy groups -OCH3 is 1. The van der Waals surface area contributed by atoms with Crippen molar-refractivity contribution in [1.29, 1.82) is 0 Å². The highest BCUT2D eigenvalue weighted by atomic mass is 32.2. The summed E-state index contributed by atoms with van der Waals surface area (Å²) in [4.78, 5) is 17.1. The molecule has 0 atom stereocenters. The summed E-state index contributed by atoms with van der Waals surface area (Å²) < 4.78 is 33.3. The van der Waals surface area contributed by atoms with E-state index in [1.807, 2.05) is 6.07 Å². The van der Waals surface area contributed by atoms with Gasteiger partial charge in [0.2, 0.25) is 0 Å². The van der Waals surface area contributed by atoms with Crippen molar-refractivity contribution < 1.29 is 17.9 Å². The first-order valence-corrected chi connectivity index (χ1v) is 11.9. The van der Waals surface area contributed by atoms with Crippen LogP contribution in [-0.2, 0) is 16.6 Å². The Kier molecular flexibility index (Phi) is 6.89. The lowest BCUT2D eigenvalue weighted by Gasteiger charge is -2.23. The topological polar surface area (TPSA) is 88.6 Å². The van der Waals surface area contributed by atoms with Crippen molar-refractivity contribution in [2.24, 2.45) is 0 Å². The second-order valence-corrected chi connectivity index (χ2v) is 9.23. The van der Waals surface area contributed by atoms with Crippen LogP contribution in [0.2, 0.25) is 0 Å². The number of carbonyl (C=O) groups excluding carboxylic acids is 1. The third kappa shape index (κ3) is 5.07. The minimum absolute atomic E-state index is 0.0582. The molecule has 1 N–H and O–H groups in total. The van der Waals surface area contributed by atoms with Gasteiger partial charge in [-0.25, -0.2) is 17.7 Å². The molecule has 3 aromatic carbocycles. The van der Waals surface area contributed by atoms with E-state index in [1.165, 1.54) is 11.4 Å². The Balaban J connectivity index is 1.58. The number of para-hydroxylation sites is 2. The van der Waals surface area contributed by atoms with Gasteiger partial charge >= 0.3 is 0 Å². The molecule has 4 rings (SSSR count). The zero-order valence-corrected chi connectivity index (χ0v) is 19.3. The number of carbonyl (C=O) groups is 1. The van der Waals surface area contributed by atoms with Crippen LogP contribution in [0, 0.1) is 0 Å². The van der Waals surface area contributed by atoms with Crippen LogP contribution in [0.25, 0.3) is 0 Å². The molecule has 0 aliphatic heterocycles. The summed E-state index contributed by atoms with van der Waals surface area (Å²) in [5, 5.41) is 2.83. The number of rotatable bonds is 8.